The summed E-state index contributed by atoms with van der Waals surface area (Å²) in [4.78, 5) is 11.9. The minimum absolute atomic E-state index is 0.168. The fourth-order valence-electron chi connectivity index (χ4n) is 2.71. The predicted molar refractivity (Wildman–Crippen MR) is 106 cm³/mol. The Labute approximate surface area is 162 Å². The third-order valence-corrected chi connectivity index (χ3v) is 4.93. The van der Waals surface area contributed by atoms with Crippen LogP contribution in [0.4, 0.5) is 4.79 Å². The Morgan fingerprint density at radius 2 is 1.67 bits per heavy atom. The van der Waals surface area contributed by atoms with Crippen molar-refractivity contribution in [2.24, 2.45) is 0 Å². The standard InChI is InChI=1S/C20H32BNO5/c1-18(2,3)25-17(24)22-16(13-23)12-14-8-10-15(11-9-14)21-26-19(4,5)20(6,7)27-21/h8-11,16,23H,12-13H2,1-7H3,(H,22,24)/t16-/m0/s1. The van der Waals surface area contributed by atoms with Crippen LogP contribution in [0.2, 0.25) is 0 Å². The first-order chi connectivity index (χ1) is 12.3. The van der Waals surface area contributed by atoms with Crippen molar-refractivity contribution in [2.45, 2.75) is 77.7 Å². The summed E-state index contributed by atoms with van der Waals surface area (Å²) < 4.78 is 17.4. The van der Waals surface area contributed by atoms with Gasteiger partial charge in [0.25, 0.3) is 0 Å². The summed E-state index contributed by atoms with van der Waals surface area (Å²) in [6, 6.07) is 7.42. The second kappa shape index (κ2) is 7.82. The van der Waals surface area contributed by atoms with Crippen LogP contribution in [-0.2, 0) is 20.5 Å². The zero-order valence-electron chi connectivity index (χ0n) is 17.5. The number of hydrogen-bond donors (Lipinski definition) is 2. The van der Waals surface area contributed by atoms with Gasteiger partial charge in [-0.05, 0) is 65.9 Å². The van der Waals surface area contributed by atoms with Crippen LogP contribution in [0.5, 0.6) is 0 Å². The fourth-order valence-corrected chi connectivity index (χ4v) is 2.71. The van der Waals surface area contributed by atoms with E-state index < -0.39 is 24.9 Å². The van der Waals surface area contributed by atoms with Crippen LogP contribution in [0.1, 0.15) is 54.0 Å². The molecule has 1 aromatic rings. The molecule has 1 fully saturated rings. The Hall–Kier alpha value is -1.57. The van der Waals surface area contributed by atoms with Gasteiger partial charge in [-0.1, -0.05) is 24.3 Å². The lowest BCUT2D eigenvalue weighted by atomic mass is 9.78. The quantitative estimate of drug-likeness (QED) is 0.771. The van der Waals surface area contributed by atoms with Gasteiger partial charge in [-0.2, -0.15) is 0 Å². The number of aliphatic hydroxyl groups excluding tert-OH is 1. The smallest absolute Gasteiger partial charge is 0.444 e. The van der Waals surface area contributed by atoms with Crippen molar-refractivity contribution in [3.8, 4) is 0 Å². The van der Waals surface area contributed by atoms with Crippen LogP contribution in [-0.4, -0.2) is 47.8 Å². The zero-order chi connectivity index (χ0) is 20.5. The molecular weight excluding hydrogens is 345 g/mol. The van der Waals surface area contributed by atoms with Gasteiger partial charge >= 0.3 is 13.2 Å². The van der Waals surface area contributed by atoms with Gasteiger partial charge in [0.15, 0.2) is 0 Å². The maximum Gasteiger partial charge on any atom is 0.494 e. The van der Waals surface area contributed by atoms with Gasteiger partial charge in [0.05, 0.1) is 23.9 Å². The third-order valence-electron chi connectivity index (χ3n) is 4.93. The van der Waals surface area contributed by atoms with E-state index >= 15 is 0 Å². The lowest BCUT2D eigenvalue weighted by molar-refractivity contribution is 0.00578. The maximum atomic E-state index is 11.9. The first-order valence-corrected chi connectivity index (χ1v) is 9.38. The summed E-state index contributed by atoms with van der Waals surface area (Å²) in [6.07, 6.45) is -0.0327. The molecule has 27 heavy (non-hydrogen) atoms. The van der Waals surface area contributed by atoms with Crippen molar-refractivity contribution in [1.82, 2.24) is 5.32 Å². The Balaban J connectivity index is 1.98. The van der Waals surface area contributed by atoms with Crippen molar-refractivity contribution in [3.63, 3.8) is 0 Å². The number of carbonyl (C=O) groups excluding carboxylic acids is 1. The third kappa shape index (κ3) is 5.70. The molecule has 2 rings (SSSR count). The number of carbonyl (C=O) groups is 1. The molecule has 2 N–H and O–H groups in total. The summed E-state index contributed by atoms with van der Waals surface area (Å²) >= 11 is 0. The average molecular weight is 377 g/mol. The monoisotopic (exact) mass is 377 g/mol. The summed E-state index contributed by atoms with van der Waals surface area (Å²) in [5.74, 6) is 0. The van der Waals surface area contributed by atoms with E-state index in [0.29, 0.717) is 6.42 Å². The molecule has 7 heteroatoms. The van der Waals surface area contributed by atoms with Crippen LogP contribution in [0.25, 0.3) is 0 Å². The Kier molecular flexibility index (Phi) is 6.29. The van der Waals surface area contributed by atoms with Crippen LogP contribution in [0, 0.1) is 0 Å². The molecule has 1 aliphatic heterocycles. The van der Waals surface area contributed by atoms with E-state index in [1.165, 1.54) is 0 Å². The largest absolute Gasteiger partial charge is 0.494 e. The van der Waals surface area contributed by atoms with Crippen molar-refractivity contribution in [1.29, 1.82) is 0 Å². The van der Waals surface area contributed by atoms with E-state index in [9.17, 15) is 9.90 Å². The molecule has 1 heterocycles. The van der Waals surface area contributed by atoms with E-state index in [0.717, 1.165) is 11.0 Å². The number of amides is 1. The van der Waals surface area contributed by atoms with E-state index in [1.807, 2.05) is 52.0 Å². The lowest BCUT2D eigenvalue weighted by Crippen LogP contribution is -2.42. The molecule has 0 unspecified atom stereocenters. The molecule has 6 nitrogen and oxygen atoms in total. The van der Waals surface area contributed by atoms with Crippen LogP contribution in [0.15, 0.2) is 24.3 Å². The van der Waals surface area contributed by atoms with E-state index in [-0.39, 0.29) is 17.8 Å². The molecule has 0 bridgehead atoms. The Morgan fingerprint density at radius 3 is 2.11 bits per heavy atom. The number of nitrogens with one attached hydrogen (secondary N) is 1. The predicted octanol–water partition coefficient (Wildman–Crippen LogP) is 2.41. The van der Waals surface area contributed by atoms with Gasteiger partial charge in [0, 0.05) is 0 Å². The minimum atomic E-state index is -0.575. The SMILES string of the molecule is CC(C)(C)OC(=O)N[C@H](CO)Cc1ccc(B2OC(C)(C)C(C)(C)O2)cc1. The number of ether oxygens (including phenoxy) is 1. The highest BCUT2D eigenvalue weighted by molar-refractivity contribution is 6.62. The van der Waals surface area contributed by atoms with Crippen LogP contribution < -0.4 is 10.8 Å². The second-order valence-corrected chi connectivity index (χ2v) is 9.06. The topological polar surface area (TPSA) is 77.0 Å². The van der Waals surface area contributed by atoms with Gasteiger partial charge in [-0.15, -0.1) is 0 Å². The molecule has 0 aromatic heterocycles. The number of aliphatic hydroxyl groups is 1. The molecule has 150 valence electrons. The molecule has 1 saturated heterocycles. The molecule has 0 aliphatic carbocycles. The number of benzene rings is 1. The fraction of sp³-hybridized carbons (Fsp3) is 0.650. The van der Waals surface area contributed by atoms with Gasteiger partial charge in [0.1, 0.15) is 5.60 Å². The molecule has 1 aromatic carbocycles. The normalized spacial score (nSPS) is 19.6. The lowest BCUT2D eigenvalue weighted by Gasteiger charge is -2.32. The van der Waals surface area contributed by atoms with Gasteiger partial charge in [0.2, 0.25) is 0 Å². The van der Waals surface area contributed by atoms with E-state index in [2.05, 4.69) is 5.32 Å². The maximum absolute atomic E-state index is 11.9. The zero-order valence-corrected chi connectivity index (χ0v) is 17.5. The number of rotatable bonds is 5. The van der Waals surface area contributed by atoms with Crippen molar-refractivity contribution in [2.75, 3.05) is 6.61 Å². The summed E-state index contributed by atoms with van der Waals surface area (Å²) in [5.41, 5.74) is 0.600. The first kappa shape index (κ1) is 21.7. The van der Waals surface area contributed by atoms with Gasteiger partial charge in [-0.3, -0.25) is 0 Å². The molecule has 0 saturated carbocycles. The highest BCUT2D eigenvalue weighted by Crippen LogP contribution is 2.36. The van der Waals surface area contributed by atoms with Gasteiger partial charge < -0.3 is 24.5 Å². The number of hydrogen-bond acceptors (Lipinski definition) is 5. The summed E-state index contributed by atoms with van der Waals surface area (Å²) in [5, 5.41) is 12.3. The summed E-state index contributed by atoms with van der Waals surface area (Å²) in [7, 11) is -0.405. The molecule has 0 spiro atoms. The Morgan fingerprint density at radius 1 is 1.15 bits per heavy atom. The molecule has 1 amide bonds. The van der Waals surface area contributed by atoms with Crippen LogP contribution in [0.3, 0.4) is 0 Å². The average Bonchev–Trinajstić information content (AvgIpc) is 2.73. The Bertz CT molecular complexity index is 635. The molecular formula is C20H32BNO5. The number of alkyl carbamates (subject to hydrolysis) is 1. The first-order valence-electron chi connectivity index (χ1n) is 9.38. The van der Waals surface area contributed by atoms with E-state index in [1.54, 1.807) is 20.8 Å². The summed E-state index contributed by atoms with van der Waals surface area (Å²) in [6.45, 7) is 13.3. The van der Waals surface area contributed by atoms with Gasteiger partial charge in [-0.25, -0.2) is 4.79 Å². The minimum Gasteiger partial charge on any atom is -0.444 e. The van der Waals surface area contributed by atoms with Crippen molar-refractivity contribution < 1.29 is 23.9 Å². The van der Waals surface area contributed by atoms with Crippen LogP contribution >= 0.6 is 0 Å². The van der Waals surface area contributed by atoms with Crippen molar-refractivity contribution >= 4 is 18.7 Å². The second-order valence-electron chi connectivity index (χ2n) is 9.06. The molecule has 1 atom stereocenters. The van der Waals surface area contributed by atoms with E-state index in [4.69, 9.17) is 14.0 Å². The van der Waals surface area contributed by atoms with Crippen molar-refractivity contribution in [3.05, 3.63) is 29.8 Å². The highest BCUT2D eigenvalue weighted by atomic mass is 16.7. The molecule has 1 aliphatic rings. The molecule has 0 radical (unpaired) electrons. The highest BCUT2D eigenvalue weighted by Gasteiger charge is 2.51.